The fourth-order valence-corrected chi connectivity index (χ4v) is 2.57. The molecule has 0 radical (unpaired) electrons. The number of hydrogen-bond acceptors (Lipinski definition) is 5. The maximum absolute atomic E-state index is 13.1. The highest BCUT2D eigenvalue weighted by Gasteiger charge is 2.46. The normalized spacial score (nSPS) is 12.6. The van der Waals surface area contributed by atoms with E-state index in [1.54, 1.807) is 24.3 Å². The third-order valence-corrected chi connectivity index (χ3v) is 4.45. The van der Waals surface area contributed by atoms with E-state index in [1.165, 1.54) is 24.3 Å². The van der Waals surface area contributed by atoms with Crippen LogP contribution in [0.3, 0.4) is 0 Å². The monoisotopic (exact) mass is 470 g/mol. The van der Waals surface area contributed by atoms with Gasteiger partial charge in [0.1, 0.15) is 6.04 Å². The van der Waals surface area contributed by atoms with Crippen molar-refractivity contribution in [1.29, 1.82) is 0 Å². The summed E-state index contributed by atoms with van der Waals surface area (Å²) in [5.41, 5.74) is 4.92. The number of nitrogens with one attached hydrogen (secondary N) is 3. The Labute approximate surface area is 193 Å². The van der Waals surface area contributed by atoms with Gasteiger partial charge in [0.2, 0.25) is 0 Å². The number of hydrogen-bond donors (Lipinski definition) is 6. The molecular weight excluding hydrogens is 450 g/mol. The zero-order valence-corrected chi connectivity index (χ0v) is 17.7. The van der Waals surface area contributed by atoms with E-state index in [0.717, 1.165) is 5.48 Å². The molecule has 0 heterocycles. The number of carbonyl (C=O) groups is 3. The van der Waals surface area contributed by atoms with Gasteiger partial charge in [-0.05, 0) is 67.3 Å². The van der Waals surface area contributed by atoms with Crippen LogP contribution in [0.5, 0.6) is 0 Å². The molecule has 2 aromatic carbocycles. The lowest BCUT2D eigenvalue weighted by Gasteiger charge is -2.30. The second-order valence-corrected chi connectivity index (χ2v) is 7.05. The Bertz CT molecular complexity index is 1170. The van der Waals surface area contributed by atoms with Crippen LogP contribution in [0, 0.1) is 23.7 Å². The maximum atomic E-state index is 13.1. The molecule has 0 fully saturated rings. The first-order valence-corrected chi connectivity index (χ1v) is 9.58. The molecule has 2 aromatic rings. The standard InChI is InChI=1S/C23H20F2N4O5/c1-23(33,21(24)25)18(20(31)29-34)28-19(30)16-10-6-14(7-11-16)4-2-3-5-15-8-12-17(13-9-15)27-22(26)32/h6-13,18,21,33-34H,1H3,(H,28,30)(H,29,31)(H3,26,27,32)/t18-,23?/m1/s1. The first-order chi connectivity index (χ1) is 16.0. The van der Waals surface area contributed by atoms with E-state index in [9.17, 15) is 28.3 Å². The number of aliphatic hydroxyl groups is 1. The SMILES string of the molecule is CC(O)(C(F)F)[C@H](NC(=O)c1ccc(C#CC#Cc2ccc(NC(N)=O)cc2)cc1)C(=O)NO. The van der Waals surface area contributed by atoms with E-state index in [0.29, 0.717) is 23.7 Å². The molecule has 4 amide bonds. The molecule has 0 saturated carbocycles. The summed E-state index contributed by atoms with van der Waals surface area (Å²) in [5.74, 6) is 8.52. The molecule has 0 aliphatic heterocycles. The Morgan fingerprint density at radius 1 is 0.971 bits per heavy atom. The predicted molar refractivity (Wildman–Crippen MR) is 118 cm³/mol. The second kappa shape index (κ2) is 11.4. The smallest absolute Gasteiger partial charge is 0.316 e. The van der Waals surface area contributed by atoms with E-state index in [4.69, 9.17) is 10.9 Å². The molecule has 7 N–H and O–H groups in total. The Balaban J connectivity index is 2.06. The number of nitrogens with two attached hydrogens (primary N) is 1. The van der Waals surface area contributed by atoms with Crippen molar-refractivity contribution in [3.8, 4) is 23.7 Å². The third-order valence-electron chi connectivity index (χ3n) is 4.45. The largest absolute Gasteiger partial charge is 0.381 e. The van der Waals surface area contributed by atoms with Crippen molar-refractivity contribution >= 4 is 23.5 Å². The van der Waals surface area contributed by atoms with E-state index in [1.807, 2.05) is 5.32 Å². The zero-order chi connectivity index (χ0) is 25.3. The van der Waals surface area contributed by atoms with Crippen LogP contribution in [-0.2, 0) is 4.79 Å². The van der Waals surface area contributed by atoms with Crippen molar-refractivity contribution in [3.63, 3.8) is 0 Å². The highest BCUT2D eigenvalue weighted by Crippen LogP contribution is 2.20. The fraction of sp³-hybridized carbons (Fsp3) is 0.174. The van der Waals surface area contributed by atoms with Crippen molar-refractivity contribution < 1.29 is 33.5 Å². The topological polar surface area (TPSA) is 154 Å². The molecule has 0 bridgehead atoms. The van der Waals surface area contributed by atoms with Crippen molar-refractivity contribution in [2.75, 3.05) is 5.32 Å². The van der Waals surface area contributed by atoms with Crippen LogP contribution < -0.4 is 21.8 Å². The molecule has 0 aromatic heterocycles. The molecule has 0 saturated heterocycles. The predicted octanol–water partition coefficient (Wildman–Crippen LogP) is 1.20. The molecule has 11 heteroatoms. The van der Waals surface area contributed by atoms with Gasteiger partial charge in [0.15, 0.2) is 5.60 Å². The van der Waals surface area contributed by atoms with Crippen LogP contribution in [0.1, 0.15) is 28.4 Å². The average Bonchev–Trinajstić information content (AvgIpc) is 2.80. The van der Waals surface area contributed by atoms with Gasteiger partial charge in [-0.15, -0.1) is 0 Å². The zero-order valence-electron chi connectivity index (χ0n) is 17.7. The lowest BCUT2D eigenvalue weighted by Crippen LogP contribution is -2.61. The van der Waals surface area contributed by atoms with Gasteiger partial charge in [0.05, 0.1) is 0 Å². The number of halogens is 2. The Morgan fingerprint density at radius 2 is 1.47 bits per heavy atom. The highest BCUT2D eigenvalue weighted by atomic mass is 19.3. The second-order valence-electron chi connectivity index (χ2n) is 7.05. The molecule has 9 nitrogen and oxygen atoms in total. The van der Waals surface area contributed by atoms with Crippen LogP contribution in [0.15, 0.2) is 48.5 Å². The Morgan fingerprint density at radius 3 is 1.91 bits per heavy atom. The van der Waals surface area contributed by atoms with Crippen LogP contribution >= 0.6 is 0 Å². The van der Waals surface area contributed by atoms with Crippen molar-refractivity contribution in [1.82, 2.24) is 10.8 Å². The summed E-state index contributed by atoms with van der Waals surface area (Å²) in [6, 6.07) is 9.42. The van der Waals surface area contributed by atoms with Crippen molar-refractivity contribution in [3.05, 3.63) is 65.2 Å². The highest BCUT2D eigenvalue weighted by molar-refractivity contribution is 5.98. The van der Waals surface area contributed by atoms with Gasteiger partial charge >= 0.3 is 6.03 Å². The number of primary amides is 1. The first-order valence-electron chi connectivity index (χ1n) is 9.58. The van der Waals surface area contributed by atoms with E-state index in [-0.39, 0.29) is 5.56 Å². The summed E-state index contributed by atoms with van der Waals surface area (Å²) in [6.45, 7) is 0.657. The number of amides is 4. The van der Waals surface area contributed by atoms with Gasteiger partial charge in [-0.25, -0.2) is 19.1 Å². The number of anilines is 1. The van der Waals surface area contributed by atoms with Crippen LogP contribution in [0.4, 0.5) is 19.3 Å². The molecule has 0 aliphatic carbocycles. The summed E-state index contributed by atoms with van der Waals surface area (Å²) in [7, 11) is 0. The van der Waals surface area contributed by atoms with Gasteiger partial charge in [-0.3, -0.25) is 14.8 Å². The number of carbonyl (C=O) groups excluding carboxylic acids is 3. The van der Waals surface area contributed by atoms with E-state index < -0.39 is 35.9 Å². The van der Waals surface area contributed by atoms with E-state index >= 15 is 0 Å². The van der Waals surface area contributed by atoms with Gasteiger partial charge < -0.3 is 21.5 Å². The van der Waals surface area contributed by atoms with Crippen molar-refractivity contribution in [2.45, 2.75) is 25.0 Å². The maximum Gasteiger partial charge on any atom is 0.316 e. The molecule has 0 spiro atoms. The quantitative estimate of drug-likeness (QED) is 0.213. The van der Waals surface area contributed by atoms with Gasteiger partial charge in [0.25, 0.3) is 18.2 Å². The summed E-state index contributed by atoms with van der Waals surface area (Å²) < 4.78 is 26.2. The number of rotatable bonds is 6. The minimum atomic E-state index is -3.38. The summed E-state index contributed by atoms with van der Waals surface area (Å²) in [5, 5.41) is 23.0. The summed E-state index contributed by atoms with van der Waals surface area (Å²) in [4.78, 5) is 34.8. The molecular formula is C23H20F2N4O5. The van der Waals surface area contributed by atoms with Crippen LogP contribution in [-0.4, -0.2) is 46.2 Å². The summed E-state index contributed by atoms with van der Waals surface area (Å²) in [6.07, 6.45) is -3.38. The number of benzene rings is 2. The lowest BCUT2D eigenvalue weighted by molar-refractivity contribution is -0.149. The number of hydroxylamine groups is 1. The Kier molecular flexibility index (Phi) is 8.67. The third kappa shape index (κ3) is 7.03. The average molecular weight is 470 g/mol. The number of alkyl halides is 2. The van der Waals surface area contributed by atoms with Gasteiger partial charge in [-0.1, -0.05) is 11.8 Å². The molecule has 1 unspecified atom stereocenters. The van der Waals surface area contributed by atoms with Crippen LogP contribution in [0.25, 0.3) is 0 Å². The fourth-order valence-electron chi connectivity index (χ4n) is 2.57. The van der Waals surface area contributed by atoms with Gasteiger partial charge in [0, 0.05) is 22.4 Å². The minimum Gasteiger partial charge on any atom is -0.381 e. The summed E-state index contributed by atoms with van der Waals surface area (Å²) >= 11 is 0. The molecule has 2 rings (SSSR count). The Hall–Kier alpha value is -4.45. The lowest BCUT2D eigenvalue weighted by atomic mass is 9.95. The molecule has 34 heavy (non-hydrogen) atoms. The van der Waals surface area contributed by atoms with Crippen molar-refractivity contribution in [2.24, 2.45) is 5.73 Å². The first kappa shape index (κ1) is 25.8. The minimum absolute atomic E-state index is 0.00194. The number of urea groups is 1. The van der Waals surface area contributed by atoms with Crippen LogP contribution in [0.2, 0.25) is 0 Å². The molecule has 0 aliphatic rings. The molecule has 176 valence electrons. The van der Waals surface area contributed by atoms with Gasteiger partial charge in [-0.2, -0.15) is 0 Å². The molecule has 2 atom stereocenters. The van der Waals surface area contributed by atoms with E-state index in [2.05, 4.69) is 29.0 Å².